The van der Waals surface area contributed by atoms with Crippen molar-refractivity contribution in [1.82, 2.24) is 0 Å². The molecule has 0 aromatic heterocycles. The highest BCUT2D eigenvalue weighted by atomic mass is 14.7. The van der Waals surface area contributed by atoms with Crippen molar-refractivity contribution < 1.29 is 0 Å². The van der Waals surface area contributed by atoms with Gasteiger partial charge >= 0.3 is 0 Å². The smallest absolute Gasteiger partial charge is 0.0171 e. The van der Waals surface area contributed by atoms with E-state index < -0.39 is 0 Å². The Balaban J connectivity index is 2.31. The lowest BCUT2D eigenvalue weighted by atomic mass is 9.81. The Morgan fingerprint density at radius 1 is 1.33 bits per heavy atom. The van der Waals surface area contributed by atoms with Crippen molar-refractivity contribution in [2.24, 2.45) is 17.6 Å². The van der Waals surface area contributed by atoms with Crippen molar-refractivity contribution in [2.45, 2.75) is 45.6 Å². The average Bonchev–Trinajstić information content (AvgIpc) is 2.22. The molecule has 0 aliphatic heterocycles. The number of hydrogen-bond donors (Lipinski definition) is 1. The highest BCUT2D eigenvalue weighted by Gasteiger charge is 2.39. The lowest BCUT2D eigenvalue weighted by molar-refractivity contribution is 0.311. The Bertz CT molecular complexity index is 217. The number of nitrogens with two attached hydrogens (primary N) is 1. The van der Waals surface area contributed by atoms with Crippen LogP contribution in [0.1, 0.15) is 39.5 Å². The maximum absolute atomic E-state index is 6.20. The maximum atomic E-state index is 6.20. The fraction of sp³-hybridized carbons (Fsp3) is 0.818. The molecule has 1 nitrogen and oxygen atoms in total. The molecule has 2 N–H and O–H groups in total. The van der Waals surface area contributed by atoms with Gasteiger partial charge in [-0.1, -0.05) is 24.5 Å². The Labute approximate surface area is 75.0 Å². The third-order valence-electron chi connectivity index (χ3n) is 3.85. The first-order valence-corrected chi connectivity index (χ1v) is 5.20. The van der Waals surface area contributed by atoms with Crippen molar-refractivity contribution in [3.63, 3.8) is 0 Å². The molecule has 2 bridgehead atoms. The van der Waals surface area contributed by atoms with E-state index in [0.717, 1.165) is 11.8 Å². The zero-order valence-corrected chi connectivity index (χ0v) is 8.14. The zero-order valence-electron chi connectivity index (χ0n) is 8.14. The summed E-state index contributed by atoms with van der Waals surface area (Å²) in [6.45, 7) is 4.57. The van der Waals surface area contributed by atoms with Crippen LogP contribution >= 0.6 is 0 Å². The van der Waals surface area contributed by atoms with Crippen LogP contribution in [0.25, 0.3) is 0 Å². The van der Waals surface area contributed by atoms with Gasteiger partial charge in [0.2, 0.25) is 0 Å². The van der Waals surface area contributed by atoms with E-state index >= 15 is 0 Å². The molecule has 2 aliphatic rings. The molecule has 1 saturated carbocycles. The van der Waals surface area contributed by atoms with Crippen molar-refractivity contribution >= 4 is 0 Å². The first kappa shape index (κ1) is 8.31. The van der Waals surface area contributed by atoms with Gasteiger partial charge in [0, 0.05) is 6.04 Å². The summed E-state index contributed by atoms with van der Waals surface area (Å²) in [6, 6.07) is 0.466. The van der Waals surface area contributed by atoms with Crippen LogP contribution in [0.3, 0.4) is 0 Å². The summed E-state index contributed by atoms with van der Waals surface area (Å²) in [6.07, 6.45) is 5.30. The summed E-state index contributed by atoms with van der Waals surface area (Å²) >= 11 is 0. The van der Waals surface area contributed by atoms with E-state index in [1.807, 2.05) is 0 Å². The van der Waals surface area contributed by atoms with Crippen LogP contribution < -0.4 is 5.73 Å². The van der Waals surface area contributed by atoms with Gasteiger partial charge in [0.1, 0.15) is 0 Å². The summed E-state index contributed by atoms with van der Waals surface area (Å²) in [5, 5.41) is 0. The second-order valence-corrected chi connectivity index (χ2v) is 4.28. The first-order valence-electron chi connectivity index (χ1n) is 5.20. The van der Waals surface area contributed by atoms with E-state index in [9.17, 15) is 0 Å². The van der Waals surface area contributed by atoms with E-state index in [0.29, 0.717) is 6.04 Å². The maximum Gasteiger partial charge on any atom is 0.0171 e. The van der Waals surface area contributed by atoms with Gasteiger partial charge in [-0.25, -0.2) is 0 Å². The molecule has 1 heteroatoms. The molecular formula is C11H19N. The van der Waals surface area contributed by atoms with Crippen molar-refractivity contribution in [3.8, 4) is 0 Å². The lowest BCUT2D eigenvalue weighted by Gasteiger charge is -2.28. The fourth-order valence-corrected chi connectivity index (χ4v) is 3.21. The third kappa shape index (κ3) is 0.957. The highest BCUT2D eigenvalue weighted by molar-refractivity contribution is 5.29. The molecule has 0 amide bonds. The summed E-state index contributed by atoms with van der Waals surface area (Å²) in [5.74, 6) is 1.48. The van der Waals surface area contributed by atoms with Crippen LogP contribution in [-0.4, -0.2) is 6.04 Å². The molecule has 68 valence electrons. The topological polar surface area (TPSA) is 26.0 Å². The minimum Gasteiger partial charge on any atom is -0.327 e. The number of rotatable bonds is 1. The van der Waals surface area contributed by atoms with Crippen LogP contribution in [0.15, 0.2) is 11.1 Å². The molecule has 3 unspecified atom stereocenters. The van der Waals surface area contributed by atoms with Crippen LogP contribution in [0, 0.1) is 11.8 Å². The van der Waals surface area contributed by atoms with E-state index in [2.05, 4.69) is 13.8 Å². The SMILES string of the molecule is CCC1=C(C)C2CCCC1C2N. The summed E-state index contributed by atoms with van der Waals surface area (Å²) in [7, 11) is 0. The number of fused-ring (bicyclic) bond motifs is 2. The van der Waals surface area contributed by atoms with Crippen LogP contribution in [0.4, 0.5) is 0 Å². The van der Waals surface area contributed by atoms with Gasteiger partial charge in [-0.15, -0.1) is 0 Å². The van der Waals surface area contributed by atoms with Crippen molar-refractivity contribution in [2.75, 3.05) is 0 Å². The van der Waals surface area contributed by atoms with Gasteiger partial charge in [-0.2, -0.15) is 0 Å². The molecule has 3 atom stereocenters. The van der Waals surface area contributed by atoms with E-state index in [4.69, 9.17) is 5.73 Å². The normalized spacial score (nSPS) is 40.8. The lowest BCUT2D eigenvalue weighted by Crippen LogP contribution is -2.36. The fourth-order valence-electron chi connectivity index (χ4n) is 3.21. The van der Waals surface area contributed by atoms with Crippen LogP contribution in [0.5, 0.6) is 0 Å². The molecule has 2 rings (SSSR count). The van der Waals surface area contributed by atoms with Crippen molar-refractivity contribution in [3.05, 3.63) is 11.1 Å². The molecule has 0 spiro atoms. The van der Waals surface area contributed by atoms with Gasteiger partial charge in [0.15, 0.2) is 0 Å². The third-order valence-corrected chi connectivity index (χ3v) is 3.85. The van der Waals surface area contributed by atoms with Gasteiger partial charge < -0.3 is 5.73 Å². The highest BCUT2D eigenvalue weighted by Crippen LogP contribution is 2.46. The van der Waals surface area contributed by atoms with Crippen LogP contribution in [-0.2, 0) is 0 Å². The predicted octanol–water partition coefficient (Wildman–Crippen LogP) is 2.47. The Hall–Kier alpha value is -0.300. The minimum absolute atomic E-state index is 0.466. The molecule has 0 heterocycles. The summed E-state index contributed by atoms with van der Waals surface area (Å²) in [4.78, 5) is 0. The van der Waals surface area contributed by atoms with E-state index in [1.165, 1.54) is 25.7 Å². The minimum atomic E-state index is 0.466. The second-order valence-electron chi connectivity index (χ2n) is 4.28. The van der Waals surface area contributed by atoms with Crippen molar-refractivity contribution in [1.29, 1.82) is 0 Å². The Morgan fingerprint density at radius 3 is 2.58 bits per heavy atom. The van der Waals surface area contributed by atoms with Crippen LogP contribution in [0.2, 0.25) is 0 Å². The molecule has 1 fully saturated rings. The molecule has 12 heavy (non-hydrogen) atoms. The molecule has 0 radical (unpaired) electrons. The standard InChI is InChI=1S/C11H19N/c1-3-8-7(2)9-5-4-6-10(8)11(9)12/h9-11H,3-6,12H2,1-2H3. The quantitative estimate of drug-likeness (QED) is 0.593. The largest absolute Gasteiger partial charge is 0.327 e. The Morgan fingerprint density at radius 2 is 2.00 bits per heavy atom. The zero-order chi connectivity index (χ0) is 8.72. The van der Waals surface area contributed by atoms with Gasteiger partial charge in [0.25, 0.3) is 0 Å². The van der Waals surface area contributed by atoms with Gasteiger partial charge in [0.05, 0.1) is 0 Å². The monoisotopic (exact) mass is 165 g/mol. The van der Waals surface area contributed by atoms with Gasteiger partial charge in [-0.05, 0) is 38.0 Å². The predicted molar refractivity (Wildman–Crippen MR) is 51.8 cm³/mol. The van der Waals surface area contributed by atoms with E-state index in [-0.39, 0.29) is 0 Å². The molecule has 0 saturated heterocycles. The average molecular weight is 165 g/mol. The Kier molecular flexibility index (Phi) is 1.99. The molecule has 0 aromatic rings. The van der Waals surface area contributed by atoms with E-state index in [1.54, 1.807) is 11.1 Å². The molecule has 2 aliphatic carbocycles. The number of hydrogen-bond acceptors (Lipinski definition) is 1. The summed E-state index contributed by atoms with van der Waals surface area (Å²) in [5.41, 5.74) is 9.52. The van der Waals surface area contributed by atoms with Gasteiger partial charge in [-0.3, -0.25) is 0 Å². The molecular weight excluding hydrogens is 146 g/mol. The first-order chi connectivity index (χ1) is 5.75. The summed E-state index contributed by atoms with van der Waals surface area (Å²) < 4.78 is 0. The second kappa shape index (κ2) is 2.88. The molecule has 0 aromatic carbocycles.